The Bertz CT molecular complexity index is 936. The van der Waals surface area contributed by atoms with E-state index in [-0.39, 0.29) is 23.8 Å². The number of hydrogen-bond acceptors (Lipinski definition) is 5. The first-order valence-corrected chi connectivity index (χ1v) is 11.2. The number of benzene rings is 1. The molecule has 5 unspecified atom stereocenters. The molecule has 3 aliphatic rings. The first kappa shape index (κ1) is 20.5. The molecule has 0 bridgehead atoms. The number of aryl methyl sites for hydroxylation is 1. The molecule has 2 aromatic rings. The van der Waals surface area contributed by atoms with Crippen LogP contribution in [0.1, 0.15) is 35.7 Å². The maximum absolute atomic E-state index is 13.2. The van der Waals surface area contributed by atoms with E-state index in [9.17, 15) is 9.18 Å². The summed E-state index contributed by atoms with van der Waals surface area (Å²) >= 11 is 0. The number of pyridine rings is 1. The topological polar surface area (TPSA) is 69.3 Å². The Morgan fingerprint density at radius 2 is 1.97 bits per heavy atom. The lowest BCUT2D eigenvalue weighted by atomic mass is 9.72. The summed E-state index contributed by atoms with van der Waals surface area (Å²) in [6.07, 6.45) is 4.71. The van der Waals surface area contributed by atoms with E-state index in [0.717, 1.165) is 43.6 Å². The van der Waals surface area contributed by atoms with Gasteiger partial charge in [0.1, 0.15) is 5.82 Å². The standard InChI is InChI=1S/C24H30FN5O/c1-15-10-17(6-8-26-15)24-20-11-18-13-30(9-7-16-2-4-19(25)5-3-16)14-23(31)27-21(18)12-22(20)28-29-24/h2-6,8,10,18,20-22,24,28-29H,7,9,11-14H2,1H3,(H,27,31). The molecule has 2 saturated heterocycles. The third-order valence-electron chi connectivity index (χ3n) is 7.14. The normalized spacial score (nSPS) is 30.9. The Morgan fingerprint density at radius 1 is 1.13 bits per heavy atom. The fourth-order valence-corrected chi connectivity index (χ4v) is 5.59. The van der Waals surface area contributed by atoms with E-state index in [1.54, 1.807) is 0 Å². The molecule has 3 N–H and O–H groups in total. The highest BCUT2D eigenvalue weighted by Crippen LogP contribution is 2.41. The molecule has 1 aromatic carbocycles. The van der Waals surface area contributed by atoms with Crippen LogP contribution in [0, 0.1) is 24.6 Å². The number of rotatable bonds is 4. The Morgan fingerprint density at radius 3 is 2.77 bits per heavy atom. The molecular weight excluding hydrogens is 393 g/mol. The van der Waals surface area contributed by atoms with Gasteiger partial charge in [0.25, 0.3) is 0 Å². The predicted molar refractivity (Wildman–Crippen MR) is 116 cm³/mol. The van der Waals surface area contributed by atoms with Crippen LogP contribution in [0.4, 0.5) is 4.39 Å². The lowest BCUT2D eigenvalue weighted by Crippen LogP contribution is -2.50. The Hall–Kier alpha value is -2.35. The molecule has 2 aliphatic heterocycles. The summed E-state index contributed by atoms with van der Waals surface area (Å²) in [7, 11) is 0. The number of hydrazine groups is 1. The van der Waals surface area contributed by atoms with Gasteiger partial charge in [0, 0.05) is 37.1 Å². The predicted octanol–water partition coefficient (Wildman–Crippen LogP) is 2.12. The van der Waals surface area contributed by atoms with Crippen molar-refractivity contribution in [1.82, 2.24) is 26.1 Å². The Labute approximate surface area is 182 Å². The summed E-state index contributed by atoms with van der Waals surface area (Å²) in [6.45, 7) is 4.18. The van der Waals surface area contributed by atoms with Crippen LogP contribution in [0.25, 0.3) is 0 Å². The smallest absolute Gasteiger partial charge is 0.234 e. The zero-order valence-corrected chi connectivity index (χ0v) is 17.9. The molecule has 1 aromatic heterocycles. The average molecular weight is 424 g/mol. The molecule has 31 heavy (non-hydrogen) atoms. The summed E-state index contributed by atoms with van der Waals surface area (Å²) in [4.78, 5) is 19.2. The highest BCUT2D eigenvalue weighted by atomic mass is 19.1. The molecule has 3 fully saturated rings. The summed E-state index contributed by atoms with van der Waals surface area (Å²) in [5.41, 5.74) is 10.4. The third kappa shape index (κ3) is 4.49. The van der Waals surface area contributed by atoms with E-state index in [4.69, 9.17) is 0 Å². The first-order valence-electron chi connectivity index (χ1n) is 11.2. The van der Waals surface area contributed by atoms with Crippen molar-refractivity contribution in [2.45, 2.75) is 44.3 Å². The minimum absolute atomic E-state index is 0.109. The van der Waals surface area contributed by atoms with E-state index in [1.807, 2.05) is 25.3 Å². The number of hydrogen-bond donors (Lipinski definition) is 3. The minimum atomic E-state index is -0.213. The largest absolute Gasteiger partial charge is 0.352 e. The van der Waals surface area contributed by atoms with Crippen molar-refractivity contribution in [3.8, 4) is 0 Å². The van der Waals surface area contributed by atoms with Crippen LogP contribution in [-0.4, -0.2) is 47.5 Å². The minimum Gasteiger partial charge on any atom is -0.352 e. The van der Waals surface area contributed by atoms with Gasteiger partial charge in [0.15, 0.2) is 0 Å². The molecule has 1 aliphatic carbocycles. The van der Waals surface area contributed by atoms with Gasteiger partial charge in [0.2, 0.25) is 5.91 Å². The highest BCUT2D eigenvalue weighted by molar-refractivity contribution is 5.78. The molecule has 1 amide bonds. The molecule has 7 heteroatoms. The summed E-state index contributed by atoms with van der Waals surface area (Å²) < 4.78 is 13.2. The van der Waals surface area contributed by atoms with E-state index in [1.165, 1.54) is 17.7 Å². The number of carbonyl (C=O) groups is 1. The van der Waals surface area contributed by atoms with Gasteiger partial charge in [-0.3, -0.25) is 20.1 Å². The molecule has 3 heterocycles. The zero-order chi connectivity index (χ0) is 21.4. The van der Waals surface area contributed by atoms with E-state index in [2.05, 4.69) is 38.2 Å². The molecule has 164 valence electrons. The number of aromatic nitrogens is 1. The average Bonchev–Trinajstić information content (AvgIpc) is 3.08. The summed E-state index contributed by atoms with van der Waals surface area (Å²) in [5.74, 6) is 0.803. The van der Waals surface area contributed by atoms with Gasteiger partial charge in [-0.2, -0.15) is 0 Å². The number of halogens is 1. The van der Waals surface area contributed by atoms with Gasteiger partial charge < -0.3 is 5.32 Å². The molecular formula is C24H30FN5O. The van der Waals surface area contributed by atoms with Crippen LogP contribution in [0.5, 0.6) is 0 Å². The van der Waals surface area contributed by atoms with Crippen molar-refractivity contribution in [1.29, 1.82) is 0 Å². The summed E-state index contributed by atoms with van der Waals surface area (Å²) in [5, 5.41) is 3.28. The lowest BCUT2D eigenvalue weighted by molar-refractivity contribution is -0.122. The maximum Gasteiger partial charge on any atom is 0.234 e. The van der Waals surface area contributed by atoms with E-state index < -0.39 is 0 Å². The van der Waals surface area contributed by atoms with Crippen LogP contribution < -0.4 is 16.2 Å². The molecule has 5 atom stereocenters. The fourth-order valence-electron chi connectivity index (χ4n) is 5.59. The van der Waals surface area contributed by atoms with Crippen LogP contribution in [0.3, 0.4) is 0 Å². The van der Waals surface area contributed by atoms with Gasteiger partial charge >= 0.3 is 0 Å². The molecule has 0 radical (unpaired) electrons. The SMILES string of the molecule is Cc1cc(C2NNC3CC4NC(=O)CN(CCc5ccc(F)cc5)CC4CC32)ccn1. The van der Waals surface area contributed by atoms with Crippen molar-refractivity contribution in [2.75, 3.05) is 19.6 Å². The second kappa shape index (κ2) is 8.65. The Kier molecular flexibility index (Phi) is 5.73. The van der Waals surface area contributed by atoms with Crippen LogP contribution in [-0.2, 0) is 11.2 Å². The number of nitrogens with zero attached hydrogens (tertiary/aromatic N) is 2. The van der Waals surface area contributed by atoms with Crippen molar-refractivity contribution < 1.29 is 9.18 Å². The summed E-state index contributed by atoms with van der Waals surface area (Å²) in [6, 6.07) is 11.8. The monoisotopic (exact) mass is 423 g/mol. The quantitative estimate of drug-likeness (QED) is 0.703. The molecule has 1 saturated carbocycles. The van der Waals surface area contributed by atoms with Crippen molar-refractivity contribution in [2.24, 2.45) is 11.8 Å². The number of nitrogens with one attached hydrogen (secondary N) is 3. The maximum atomic E-state index is 13.2. The molecule has 6 nitrogen and oxygen atoms in total. The van der Waals surface area contributed by atoms with Gasteiger partial charge in [0.05, 0.1) is 12.6 Å². The fraction of sp³-hybridized carbons (Fsp3) is 0.500. The number of carbonyl (C=O) groups excluding carboxylic acids is 1. The first-order chi connectivity index (χ1) is 15.0. The Balaban J connectivity index is 1.28. The molecule has 0 spiro atoms. The van der Waals surface area contributed by atoms with Crippen LogP contribution >= 0.6 is 0 Å². The zero-order valence-electron chi connectivity index (χ0n) is 17.9. The van der Waals surface area contributed by atoms with Gasteiger partial charge in [-0.05, 0) is 73.4 Å². The van der Waals surface area contributed by atoms with Crippen molar-refractivity contribution in [3.63, 3.8) is 0 Å². The van der Waals surface area contributed by atoms with Crippen molar-refractivity contribution >= 4 is 5.91 Å². The highest BCUT2D eigenvalue weighted by Gasteiger charge is 2.46. The van der Waals surface area contributed by atoms with Crippen LogP contribution in [0.2, 0.25) is 0 Å². The second-order valence-electron chi connectivity index (χ2n) is 9.28. The van der Waals surface area contributed by atoms with Gasteiger partial charge in [-0.25, -0.2) is 9.82 Å². The van der Waals surface area contributed by atoms with Gasteiger partial charge in [-0.15, -0.1) is 0 Å². The number of amides is 1. The van der Waals surface area contributed by atoms with E-state index in [0.29, 0.717) is 24.4 Å². The third-order valence-corrected chi connectivity index (χ3v) is 7.14. The van der Waals surface area contributed by atoms with Crippen molar-refractivity contribution in [3.05, 3.63) is 65.2 Å². The van der Waals surface area contributed by atoms with E-state index >= 15 is 0 Å². The second-order valence-corrected chi connectivity index (χ2v) is 9.28. The molecule has 5 rings (SSSR count). The van der Waals surface area contributed by atoms with Crippen LogP contribution in [0.15, 0.2) is 42.6 Å². The number of fused-ring (bicyclic) bond motifs is 2. The van der Waals surface area contributed by atoms with Gasteiger partial charge in [-0.1, -0.05) is 12.1 Å². The lowest BCUT2D eigenvalue weighted by Gasteiger charge is -2.39.